The topological polar surface area (TPSA) is 55.2 Å². The van der Waals surface area contributed by atoms with Crippen LogP contribution in [0.1, 0.15) is 18.5 Å². The summed E-state index contributed by atoms with van der Waals surface area (Å²) in [5, 5.41) is 14.6. The Kier molecular flexibility index (Phi) is 4.62. The van der Waals surface area contributed by atoms with Crippen LogP contribution in [0.2, 0.25) is 5.02 Å². The SMILES string of the molecule is CC(Nc1cc(Cl)ccc1[N+](=O)[O-])c1cccc(Br)c1. The molecule has 2 aromatic rings. The van der Waals surface area contributed by atoms with Crippen LogP contribution in [0.5, 0.6) is 0 Å². The molecule has 0 radical (unpaired) electrons. The molecule has 1 atom stereocenters. The van der Waals surface area contributed by atoms with Crippen molar-refractivity contribution >= 4 is 38.9 Å². The van der Waals surface area contributed by atoms with Crippen LogP contribution in [0.25, 0.3) is 0 Å². The van der Waals surface area contributed by atoms with E-state index in [4.69, 9.17) is 11.6 Å². The molecule has 0 spiro atoms. The average molecular weight is 356 g/mol. The zero-order chi connectivity index (χ0) is 14.7. The van der Waals surface area contributed by atoms with Crippen molar-refractivity contribution in [2.24, 2.45) is 0 Å². The maximum atomic E-state index is 11.0. The largest absolute Gasteiger partial charge is 0.373 e. The Balaban J connectivity index is 2.29. The lowest BCUT2D eigenvalue weighted by molar-refractivity contribution is -0.384. The number of nitro groups is 1. The quantitative estimate of drug-likeness (QED) is 0.607. The van der Waals surface area contributed by atoms with Gasteiger partial charge < -0.3 is 5.32 Å². The maximum Gasteiger partial charge on any atom is 0.292 e. The van der Waals surface area contributed by atoms with Crippen LogP contribution in [-0.4, -0.2) is 4.92 Å². The summed E-state index contributed by atoms with van der Waals surface area (Å²) in [5.41, 5.74) is 1.44. The van der Waals surface area contributed by atoms with E-state index < -0.39 is 4.92 Å². The lowest BCUT2D eigenvalue weighted by Crippen LogP contribution is -2.08. The lowest BCUT2D eigenvalue weighted by atomic mass is 10.1. The van der Waals surface area contributed by atoms with E-state index in [1.165, 1.54) is 12.1 Å². The van der Waals surface area contributed by atoms with Gasteiger partial charge in [-0.15, -0.1) is 0 Å². The summed E-state index contributed by atoms with van der Waals surface area (Å²) in [6.07, 6.45) is 0. The molecule has 2 aromatic carbocycles. The van der Waals surface area contributed by atoms with Crippen molar-refractivity contribution in [3.05, 3.63) is 67.6 Å². The van der Waals surface area contributed by atoms with E-state index in [-0.39, 0.29) is 11.7 Å². The summed E-state index contributed by atoms with van der Waals surface area (Å²) in [5.74, 6) is 0. The van der Waals surface area contributed by atoms with E-state index in [0.29, 0.717) is 10.7 Å². The van der Waals surface area contributed by atoms with Gasteiger partial charge in [0, 0.05) is 21.6 Å². The van der Waals surface area contributed by atoms with Crippen LogP contribution < -0.4 is 5.32 Å². The highest BCUT2D eigenvalue weighted by atomic mass is 79.9. The second-order valence-corrected chi connectivity index (χ2v) is 5.69. The first-order chi connectivity index (χ1) is 9.47. The third kappa shape index (κ3) is 3.49. The average Bonchev–Trinajstić information content (AvgIpc) is 2.38. The van der Waals surface area contributed by atoms with Gasteiger partial charge in [0.05, 0.1) is 4.92 Å². The van der Waals surface area contributed by atoms with E-state index >= 15 is 0 Å². The normalized spacial score (nSPS) is 11.9. The van der Waals surface area contributed by atoms with Gasteiger partial charge in [0.2, 0.25) is 0 Å². The molecule has 0 aromatic heterocycles. The first kappa shape index (κ1) is 14.8. The number of hydrogen-bond donors (Lipinski definition) is 1. The Labute approximate surface area is 130 Å². The molecule has 0 amide bonds. The molecule has 0 aliphatic rings. The molecular formula is C14H12BrClN2O2. The van der Waals surface area contributed by atoms with Crippen molar-refractivity contribution in [1.82, 2.24) is 0 Å². The van der Waals surface area contributed by atoms with Gasteiger partial charge in [-0.25, -0.2) is 0 Å². The summed E-state index contributed by atoms with van der Waals surface area (Å²) in [6.45, 7) is 1.94. The van der Waals surface area contributed by atoms with Crippen molar-refractivity contribution in [2.45, 2.75) is 13.0 Å². The highest BCUT2D eigenvalue weighted by molar-refractivity contribution is 9.10. The monoisotopic (exact) mass is 354 g/mol. The second kappa shape index (κ2) is 6.24. The van der Waals surface area contributed by atoms with Gasteiger partial charge in [-0.2, -0.15) is 0 Å². The van der Waals surface area contributed by atoms with E-state index in [2.05, 4.69) is 21.2 Å². The molecule has 104 valence electrons. The molecule has 0 heterocycles. The smallest absolute Gasteiger partial charge is 0.292 e. The Hall–Kier alpha value is -1.59. The molecule has 0 aliphatic heterocycles. The van der Waals surface area contributed by atoms with Crippen LogP contribution in [0.15, 0.2) is 46.9 Å². The number of rotatable bonds is 4. The molecule has 2 rings (SSSR count). The highest BCUT2D eigenvalue weighted by Gasteiger charge is 2.16. The predicted molar refractivity (Wildman–Crippen MR) is 84.3 cm³/mol. The van der Waals surface area contributed by atoms with E-state index in [9.17, 15) is 10.1 Å². The van der Waals surface area contributed by atoms with Crippen molar-refractivity contribution in [3.8, 4) is 0 Å². The van der Waals surface area contributed by atoms with Crippen LogP contribution in [-0.2, 0) is 0 Å². The zero-order valence-corrected chi connectivity index (χ0v) is 13.0. The van der Waals surface area contributed by atoms with Crippen LogP contribution in [0, 0.1) is 10.1 Å². The first-order valence-corrected chi connectivity index (χ1v) is 7.10. The lowest BCUT2D eigenvalue weighted by Gasteiger charge is -2.16. The van der Waals surface area contributed by atoms with Gasteiger partial charge in [-0.1, -0.05) is 39.7 Å². The van der Waals surface area contributed by atoms with Gasteiger partial charge in [0.25, 0.3) is 5.69 Å². The van der Waals surface area contributed by atoms with Crippen molar-refractivity contribution in [2.75, 3.05) is 5.32 Å². The Morgan fingerprint density at radius 2 is 2.05 bits per heavy atom. The number of anilines is 1. The molecule has 0 aliphatic carbocycles. The molecule has 0 saturated heterocycles. The van der Waals surface area contributed by atoms with E-state index in [1.807, 2.05) is 31.2 Å². The third-order valence-corrected chi connectivity index (χ3v) is 3.60. The first-order valence-electron chi connectivity index (χ1n) is 5.93. The summed E-state index contributed by atoms with van der Waals surface area (Å²) in [6, 6.07) is 12.2. The van der Waals surface area contributed by atoms with Gasteiger partial charge in [-0.05, 0) is 36.8 Å². The van der Waals surface area contributed by atoms with Crippen LogP contribution >= 0.6 is 27.5 Å². The molecule has 1 unspecified atom stereocenters. The van der Waals surface area contributed by atoms with Crippen molar-refractivity contribution in [1.29, 1.82) is 0 Å². The number of nitrogens with one attached hydrogen (secondary N) is 1. The summed E-state index contributed by atoms with van der Waals surface area (Å²) >= 11 is 9.31. The van der Waals surface area contributed by atoms with Crippen molar-refractivity contribution < 1.29 is 4.92 Å². The second-order valence-electron chi connectivity index (χ2n) is 4.34. The Morgan fingerprint density at radius 3 is 2.70 bits per heavy atom. The summed E-state index contributed by atoms with van der Waals surface area (Å²) in [4.78, 5) is 10.6. The summed E-state index contributed by atoms with van der Waals surface area (Å²) < 4.78 is 0.962. The number of nitro benzene ring substituents is 1. The Bertz CT molecular complexity index is 649. The zero-order valence-electron chi connectivity index (χ0n) is 10.6. The molecule has 4 nitrogen and oxygen atoms in total. The van der Waals surface area contributed by atoms with Gasteiger partial charge in [0.15, 0.2) is 0 Å². The highest BCUT2D eigenvalue weighted by Crippen LogP contribution is 2.31. The fraction of sp³-hybridized carbons (Fsp3) is 0.143. The van der Waals surface area contributed by atoms with Gasteiger partial charge in [0.1, 0.15) is 5.69 Å². The molecular weight excluding hydrogens is 344 g/mol. The molecule has 0 bridgehead atoms. The number of nitrogens with zero attached hydrogens (tertiary/aromatic N) is 1. The van der Waals surface area contributed by atoms with Crippen LogP contribution in [0.4, 0.5) is 11.4 Å². The molecule has 0 fully saturated rings. The minimum absolute atomic E-state index is 0.0104. The maximum absolute atomic E-state index is 11.0. The van der Waals surface area contributed by atoms with Crippen molar-refractivity contribution in [3.63, 3.8) is 0 Å². The number of benzene rings is 2. The predicted octanol–water partition coefficient (Wildman–Crippen LogP) is 5.18. The number of halogens is 2. The molecule has 0 saturated carbocycles. The fourth-order valence-corrected chi connectivity index (χ4v) is 2.46. The van der Waals surface area contributed by atoms with E-state index in [0.717, 1.165) is 10.0 Å². The fourth-order valence-electron chi connectivity index (χ4n) is 1.88. The summed E-state index contributed by atoms with van der Waals surface area (Å²) in [7, 11) is 0. The minimum atomic E-state index is -0.424. The number of hydrogen-bond acceptors (Lipinski definition) is 3. The Morgan fingerprint density at radius 1 is 1.30 bits per heavy atom. The molecule has 6 heteroatoms. The van der Waals surface area contributed by atoms with Crippen LogP contribution in [0.3, 0.4) is 0 Å². The molecule has 1 N–H and O–H groups in total. The van der Waals surface area contributed by atoms with E-state index in [1.54, 1.807) is 6.07 Å². The van der Waals surface area contributed by atoms with Gasteiger partial charge >= 0.3 is 0 Å². The standard InChI is InChI=1S/C14H12BrClN2O2/c1-9(10-3-2-4-11(15)7-10)17-13-8-12(16)5-6-14(13)18(19)20/h2-9,17H,1H3. The van der Waals surface area contributed by atoms with Gasteiger partial charge in [-0.3, -0.25) is 10.1 Å². The third-order valence-electron chi connectivity index (χ3n) is 2.88. The minimum Gasteiger partial charge on any atom is -0.373 e. The molecule has 20 heavy (non-hydrogen) atoms.